The molecule has 2 N–H and O–H groups in total. The average molecular weight is 194 g/mol. The van der Waals surface area contributed by atoms with Crippen molar-refractivity contribution in [1.82, 2.24) is 0 Å². The van der Waals surface area contributed by atoms with Gasteiger partial charge >= 0.3 is 0 Å². The first-order valence-electron chi connectivity index (χ1n) is 2.73. The molecule has 0 aliphatic carbocycles. The van der Waals surface area contributed by atoms with Crippen LogP contribution in [-0.2, 0) is 0 Å². The van der Waals surface area contributed by atoms with E-state index < -0.39 is 0 Å². The Morgan fingerprint density at radius 1 is 1.18 bits per heavy atom. The van der Waals surface area contributed by atoms with Gasteiger partial charge in [0.25, 0.3) is 0 Å². The van der Waals surface area contributed by atoms with Gasteiger partial charge in [-0.05, 0) is 6.07 Å². The maximum absolute atomic E-state index is 10.7. The van der Waals surface area contributed by atoms with Gasteiger partial charge in [0.15, 0.2) is 0 Å². The van der Waals surface area contributed by atoms with E-state index in [1.54, 1.807) is 6.07 Å². The molecule has 0 bridgehead atoms. The van der Waals surface area contributed by atoms with Gasteiger partial charge in [-0.2, -0.15) is 4.73 Å². The number of halogens is 2. The standard InChI is InChI=1S/C5H5Cl2N3O/c6-8-4-1-5(9-7)3-10(11)2-4/h1-3,8-9H. The Hall–Kier alpha value is -0.870. The molecule has 1 rings (SSSR count). The number of rotatable bonds is 2. The molecule has 6 heteroatoms. The van der Waals surface area contributed by atoms with Crippen molar-refractivity contribution in [1.29, 1.82) is 0 Å². The summed E-state index contributed by atoms with van der Waals surface area (Å²) >= 11 is 10.5. The third kappa shape index (κ3) is 2.03. The van der Waals surface area contributed by atoms with Gasteiger partial charge in [0.1, 0.15) is 11.4 Å². The van der Waals surface area contributed by atoms with Crippen LogP contribution in [0.15, 0.2) is 18.5 Å². The molecule has 0 radical (unpaired) electrons. The topological polar surface area (TPSA) is 51.0 Å². The normalized spacial score (nSPS) is 9.27. The third-order valence-electron chi connectivity index (χ3n) is 1.06. The zero-order valence-corrected chi connectivity index (χ0v) is 6.86. The van der Waals surface area contributed by atoms with Crippen LogP contribution in [0.25, 0.3) is 0 Å². The largest absolute Gasteiger partial charge is 0.619 e. The van der Waals surface area contributed by atoms with E-state index >= 15 is 0 Å². The van der Waals surface area contributed by atoms with Crippen molar-refractivity contribution in [2.75, 3.05) is 9.67 Å². The van der Waals surface area contributed by atoms with Gasteiger partial charge < -0.3 is 5.21 Å². The zero-order valence-electron chi connectivity index (χ0n) is 5.34. The van der Waals surface area contributed by atoms with Crippen LogP contribution < -0.4 is 14.4 Å². The van der Waals surface area contributed by atoms with E-state index in [0.717, 1.165) is 0 Å². The Kier molecular flexibility index (Phi) is 2.62. The van der Waals surface area contributed by atoms with Crippen LogP contribution in [0.1, 0.15) is 0 Å². The van der Waals surface area contributed by atoms with Gasteiger partial charge in [-0.15, -0.1) is 0 Å². The summed E-state index contributed by atoms with van der Waals surface area (Å²) in [5.41, 5.74) is 0.958. The molecule has 0 saturated heterocycles. The van der Waals surface area contributed by atoms with Gasteiger partial charge in [-0.1, -0.05) is 0 Å². The zero-order chi connectivity index (χ0) is 8.27. The number of aromatic nitrogens is 1. The maximum atomic E-state index is 10.7. The molecular formula is C5H5Cl2N3O. The molecule has 11 heavy (non-hydrogen) atoms. The van der Waals surface area contributed by atoms with Gasteiger partial charge in [-0.3, -0.25) is 9.67 Å². The first-order chi connectivity index (χ1) is 5.26. The molecule has 0 aromatic carbocycles. The fourth-order valence-corrected chi connectivity index (χ4v) is 0.864. The average Bonchev–Trinajstić information content (AvgIpc) is 2.03. The predicted octanol–water partition coefficient (Wildman–Crippen LogP) is 1.45. The van der Waals surface area contributed by atoms with E-state index in [1.165, 1.54) is 12.4 Å². The summed E-state index contributed by atoms with van der Waals surface area (Å²) in [5, 5.41) is 10.7. The van der Waals surface area contributed by atoms with Crippen LogP contribution in [0.2, 0.25) is 0 Å². The Balaban J connectivity index is 3.02. The van der Waals surface area contributed by atoms with Gasteiger partial charge in [0, 0.05) is 23.6 Å². The van der Waals surface area contributed by atoms with Crippen molar-refractivity contribution >= 4 is 34.9 Å². The van der Waals surface area contributed by atoms with Crippen molar-refractivity contribution in [2.45, 2.75) is 0 Å². The van der Waals surface area contributed by atoms with E-state index in [1.807, 2.05) is 0 Å². The summed E-state index contributed by atoms with van der Waals surface area (Å²) in [4.78, 5) is 4.59. The second-order valence-corrected chi connectivity index (χ2v) is 2.24. The van der Waals surface area contributed by atoms with Gasteiger partial charge in [0.2, 0.25) is 12.4 Å². The number of nitrogens with zero attached hydrogens (tertiary/aromatic N) is 1. The van der Waals surface area contributed by atoms with E-state index in [-0.39, 0.29) is 0 Å². The number of hydrogen-bond donors (Lipinski definition) is 2. The smallest absolute Gasteiger partial charge is 0.204 e. The number of nitrogens with one attached hydrogen (secondary N) is 2. The number of pyridine rings is 1. The second kappa shape index (κ2) is 3.50. The Morgan fingerprint density at radius 3 is 2.00 bits per heavy atom. The molecule has 0 unspecified atom stereocenters. The highest BCUT2D eigenvalue weighted by atomic mass is 35.5. The highest BCUT2D eigenvalue weighted by molar-refractivity contribution is 6.25. The maximum Gasteiger partial charge on any atom is 0.204 e. The molecule has 0 aliphatic rings. The van der Waals surface area contributed by atoms with Crippen molar-refractivity contribution in [2.24, 2.45) is 0 Å². The monoisotopic (exact) mass is 193 g/mol. The van der Waals surface area contributed by atoms with Gasteiger partial charge in [-0.25, -0.2) is 0 Å². The summed E-state index contributed by atoms with van der Waals surface area (Å²) < 4.78 is 0.593. The minimum atomic E-state index is 0.479. The minimum Gasteiger partial charge on any atom is -0.619 e. The van der Waals surface area contributed by atoms with Crippen molar-refractivity contribution in [3.05, 3.63) is 23.7 Å². The quantitative estimate of drug-likeness (QED) is 0.425. The molecule has 60 valence electrons. The second-order valence-electron chi connectivity index (χ2n) is 1.86. The lowest BCUT2D eigenvalue weighted by molar-refractivity contribution is -0.603. The minimum absolute atomic E-state index is 0.479. The van der Waals surface area contributed by atoms with Crippen LogP contribution in [0.5, 0.6) is 0 Å². The number of anilines is 2. The predicted molar refractivity (Wildman–Crippen MR) is 44.4 cm³/mol. The molecular weight excluding hydrogens is 189 g/mol. The lowest BCUT2D eigenvalue weighted by Crippen LogP contribution is -2.24. The summed E-state index contributed by atoms with van der Waals surface area (Å²) in [6.45, 7) is 0. The van der Waals surface area contributed by atoms with E-state index in [4.69, 9.17) is 23.6 Å². The molecule has 1 heterocycles. The molecule has 4 nitrogen and oxygen atoms in total. The molecule has 1 aromatic rings. The molecule has 0 amide bonds. The van der Waals surface area contributed by atoms with E-state index in [9.17, 15) is 5.21 Å². The molecule has 1 aromatic heterocycles. The third-order valence-corrected chi connectivity index (χ3v) is 1.50. The van der Waals surface area contributed by atoms with Crippen molar-refractivity contribution in [3.8, 4) is 0 Å². The van der Waals surface area contributed by atoms with Crippen LogP contribution in [0.4, 0.5) is 11.4 Å². The molecule has 0 aliphatic heterocycles. The van der Waals surface area contributed by atoms with Crippen molar-refractivity contribution in [3.63, 3.8) is 0 Å². The fourth-order valence-electron chi connectivity index (χ4n) is 0.657. The van der Waals surface area contributed by atoms with Crippen LogP contribution in [0, 0.1) is 5.21 Å². The SMILES string of the molecule is [O-][n+]1cc(NCl)cc(NCl)c1. The van der Waals surface area contributed by atoms with Crippen LogP contribution in [0.3, 0.4) is 0 Å². The lowest BCUT2D eigenvalue weighted by Gasteiger charge is -2.01. The van der Waals surface area contributed by atoms with Crippen LogP contribution >= 0.6 is 23.6 Å². The fraction of sp³-hybridized carbons (Fsp3) is 0. The van der Waals surface area contributed by atoms with Crippen molar-refractivity contribution < 1.29 is 4.73 Å². The summed E-state index contributed by atoms with van der Waals surface area (Å²) in [6.07, 6.45) is 2.56. The lowest BCUT2D eigenvalue weighted by atomic mass is 10.4. The Labute approximate surface area is 73.5 Å². The summed E-state index contributed by atoms with van der Waals surface area (Å²) in [6, 6.07) is 1.59. The first kappa shape index (κ1) is 8.23. The van der Waals surface area contributed by atoms with Crippen LogP contribution in [-0.4, -0.2) is 0 Å². The Bertz CT molecular complexity index is 233. The van der Waals surface area contributed by atoms with E-state index in [2.05, 4.69) is 9.67 Å². The van der Waals surface area contributed by atoms with E-state index in [0.29, 0.717) is 16.1 Å². The molecule has 0 spiro atoms. The first-order valence-corrected chi connectivity index (χ1v) is 3.49. The number of hydrogen-bond acceptors (Lipinski definition) is 3. The summed E-state index contributed by atoms with van der Waals surface area (Å²) in [7, 11) is 0. The highest BCUT2D eigenvalue weighted by Gasteiger charge is 2.00. The molecule has 0 fully saturated rings. The highest BCUT2D eigenvalue weighted by Crippen LogP contribution is 2.12. The van der Waals surface area contributed by atoms with Gasteiger partial charge in [0.05, 0.1) is 0 Å². The summed E-state index contributed by atoms with van der Waals surface area (Å²) in [5.74, 6) is 0. The molecule has 0 saturated carbocycles. The Morgan fingerprint density at radius 2 is 1.64 bits per heavy atom. The molecule has 0 atom stereocenters.